The number of aryl methyl sites for hydroxylation is 1. The molecule has 0 saturated carbocycles. The molecule has 96 valence electrons. The molecule has 0 bridgehead atoms. The zero-order valence-electron chi connectivity index (χ0n) is 10.8. The van der Waals surface area contributed by atoms with Gasteiger partial charge in [0.25, 0.3) is 0 Å². The Morgan fingerprint density at radius 1 is 1.50 bits per heavy atom. The maximum Gasteiger partial charge on any atom is 0.223 e. The minimum atomic E-state index is -0.318. The van der Waals surface area contributed by atoms with Gasteiger partial charge in [0, 0.05) is 33.5 Å². The Morgan fingerprint density at radius 2 is 2.22 bits per heavy atom. The molecule has 2 N–H and O–H groups in total. The number of carbonyl (C=O) groups excluding carboxylic acids is 1. The first-order valence-electron chi connectivity index (χ1n) is 5.80. The summed E-state index contributed by atoms with van der Waals surface area (Å²) >= 11 is 0. The number of nitrogens with zero attached hydrogens (tertiary/aromatic N) is 2. The summed E-state index contributed by atoms with van der Waals surface area (Å²) in [6, 6.07) is 5.27. The average Bonchev–Trinajstić information content (AvgIpc) is 2.67. The standard InChI is InChI=1S/C13H17N3O2/c1-8-15-11-6-9(4-5-12(11)18-8)10(14)7-13(17)16(2)3/h4-6,10H,7,14H2,1-3H3. The lowest BCUT2D eigenvalue weighted by Crippen LogP contribution is -2.26. The quantitative estimate of drug-likeness (QED) is 0.894. The van der Waals surface area contributed by atoms with Gasteiger partial charge in [-0.2, -0.15) is 0 Å². The van der Waals surface area contributed by atoms with Crippen molar-refractivity contribution in [2.45, 2.75) is 19.4 Å². The van der Waals surface area contributed by atoms with Gasteiger partial charge in [-0.3, -0.25) is 4.79 Å². The van der Waals surface area contributed by atoms with Crippen LogP contribution in [0.15, 0.2) is 22.6 Å². The molecule has 18 heavy (non-hydrogen) atoms. The Labute approximate surface area is 106 Å². The largest absolute Gasteiger partial charge is 0.441 e. The number of amides is 1. The zero-order chi connectivity index (χ0) is 13.3. The summed E-state index contributed by atoms with van der Waals surface area (Å²) in [6.45, 7) is 1.80. The maximum absolute atomic E-state index is 11.6. The zero-order valence-corrected chi connectivity index (χ0v) is 10.8. The number of rotatable bonds is 3. The number of carbonyl (C=O) groups is 1. The third-order valence-corrected chi connectivity index (χ3v) is 2.84. The van der Waals surface area contributed by atoms with Crippen LogP contribution >= 0.6 is 0 Å². The molecule has 1 unspecified atom stereocenters. The molecule has 0 spiro atoms. The molecule has 1 aromatic heterocycles. The summed E-state index contributed by atoms with van der Waals surface area (Å²) in [4.78, 5) is 17.4. The van der Waals surface area contributed by atoms with E-state index < -0.39 is 0 Å². The van der Waals surface area contributed by atoms with Crippen LogP contribution in [-0.2, 0) is 4.79 Å². The number of aromatic nitrogens is 1. The average molecular weight is 247 g/mol. The van der Waals surface area contributed by atoms with Crippen LogP contribution in [0.25, 0.3) is 11.1 Å². The van der Waals surface area contributed by atoms with E-state index in [9.17, 15) is 4.79 Å². The van der Waals surface area contributed by atoms with Gasteiger partial charge in [-0.15, -0.1) is 0 Å². The molecule has 2 rings (SSSR count). The summed E-state index contributed by atoms with van der Waals surface area (Å²) < 4.78 is 5.39. The molecule has 2 aromatic rings. The third kappa shape index (κ3) is 2.51. The summed E-state index contributed by atoms with van der Waals surface area (Å²) in [5.74, 6) is 0.638. The number of fused-ring (bicyclic) bond motifs is 1. The Balaban J connectivity index is 2.22. The minimum absolute atomic E-state index is 0.0129. The topological polar surface area (TPSA) is 72.4 Å². The van der Waals surface area contributed by atoms with Crippen molar-refractivity contribution in [2.75, 3.05) is 14.1 Å². The SMILES string of the molecule is Cc1nc2cc(C(N)CC(=O)N(C)C)ccc2o1. The molecule has 5 nitrogen and oxygen atoms in total. The molecule has 0 aliphatic rings. The van der Waals surface area contributed by atoms with E-state index in [4.69, 9.17) is 10.2 Å². The molecule has 0 fully saturated rings. The fraction of sp³-hybridized carbons (Fsp3) is 0.385. The fourth-order valence-electron chi connectivity index (χ4n) is 1.78. The first-order chi connectivity index (χ1) is 8.47. The Morgan fingerprint density at radius 3 is 2.89 bits per heavy atom. The minimum Gasteiger partial charge on any atom is -0.441 e. The smallest absolute Gasteiger partial charge is 0.223 e. The van der Waals surface area contributed by atoms with Crippen molar-refractivity contribution in [3.8, 4) is 0 Å². The van der Waals surface area contributed by atoms with Crippen LogP contribution < -0.4 is 5.73 Å². The maximum atomic E-state index is 11.6. The molecule has 0 aliphatic heterocycles. The highest BCUT2D eigenvalue weighted by Gasteiger charge is 2.14. The number of nitrogens with two attached hydrogens (primary N) is 1. The predicted molar refractivity (Wildman–Crippen MR) is 69.0 cm³/mol. The van der Waals surface area contributed by atoms with Gasteiger partial charge in [0.1, 0.15) is 5.52 Å². The van der Waals surface area contributed by atoms with Gasteiger partial charge in [-0.1, -0.05) is 6.07 Å². The highest BCUT2D eigenvalue weighted by atomic mass is 16.3. The fourth-order valence-corrected chi connectivity index (χ4v) is 1.78. The van der Waals surface area contributed by atoms with Crippen LogP contribution in [0.4, 0.5) is 0 Å². The lowest BCUT2D eigenvalue weighted by atomic mass is 10.0. The summed E-state index contributed by atoms with van der Waals surface area (Å²) in [7, 11) is 3.44. The van der Waals surface area contributed by atoms with E-state index >= 15 is 0 Å². The third-order valence-electron chi connectivity index (χ3n) is 2.84. The summed E-state index contributed by atoms with van der Waals surface area (Å²) in [5.41, 5.74) is 8.43. The van der Waals surface area contributed by atoms with Gasteiger partial charge in [0.05, 0.1) is 0 Å². The molecule has 5 heteroatoms. The molecule has 1 atom stereocenters. The summed E-state index contributed by atoms with van der Waals surface area (Å²) in [5, 5.41) is 0. The van der Waals surface area contributed by atoms with Crippen LogP contribution in [0.1, 0.15) is 23.9 Å². The Kier molecular flexibility index (Phi) is 3.34. The second kappa shape index (κ2) is 4.78. The van der Waals surface area contributed by atoms with E-state index in [0.29, 0.717) is 5.89 Å². The first kappa shape index (κ1) is 12.6. The number of benzene rings is 1. The molecular formula is C13H17N3O2. The monoisotopic (exact) mass is 247 g/mol. The Bertz CT molecular complexity index is 575. The van der Waals surface area contributed by atoms with Gasteiger partial charge in [-0.05, 0) is 17.7 Å². The van der Waals surface area contributed by atoms with E-state index in [2.05, 4.69) is 4.98 Å². The van der Waals surface area contributed by atoms with E-state index in [0.717, 1.165) is 16.7 Å². The van der Waals surface area contributed by atoms with E-state index in [1.54, 1.807) is 25.9 Å². The molecular weight excluding hydrogens is 230 g/mol. The molecule has 0 saturated heterocycles. The van der Waals surface area contributed by atoms with Crippen molar-refractivity contribution >= 4 is 17.0 Å². The normalized spacial score (nSPS) is 12.7. The highest BCUT2D eigenvalue weighted by molar-refractivity contribution is 5.77. The van der Waals surface area contributed by atoms with Crippen molar-refractivity contribution in [1.29, 1.82) is 0 Å². The van der Waals surface area contributed by atoms with Crippen molar-refractivity contribution in [3.05, 3.63) is 29.7 Å². The van der Waals surface area contributed by atoms with Crippen LogP contribution in [0.5, 0.6) is 0 Å². The Hall–Kier alpha value is -1.88. The van der Waals surface area contributed by atoms with Crippen LogP contribution in [0, 0.1) is 6.92 Å². The van der Waals surface area contributed by atoms with Gasteiger partial charge in [0.15, 0.2) is 11.5 Å². The van der Waals surface area contributed by atoms with Crippen LogP contribution in [-0.4, -0.2) is 29.9 Å². The number of hydrogen-bond donors (Lipinski definition) is 1. The van der Waals surface area contributed by atoms with Crippen molar-refractivity contribution in [1.82, 2.24) is 9.88 Å². The first-order valence-corrected chi connectivity index (χ1v) is 5.80. The summed E-state index contributed by atoms with van der Waals surface area (Å²) in [6.07, 6.45) is 0.287. The molecule has 1 aromatic carbocycles. The van der Waals surface area contributed by atoms with Crippen molar-refractivity contribution in [2.24, 2.45) is 5.73 Å². The van der Waals surface area contributed by atoms with E-state index in [1.807, 2.05) is 18.2 Å². The van der Waals surface area contributed by atoms with Crippen molar-refractivity contribution in [3.63, 3.8) is 0 Å². The van der Waals surface area contributed by atoms with Crippen molar-refractivity contribution < 1.29 is 9.21 Å². The van der Waals surface area contributed by atoms with Crippen LogP contribution in [0.3, 0.4) is 0 Å². The van der Waals surface area contributed by atoms with Crippen LogP contribution in [0.2, 0.25) is 0 Å². The van der Waals surface area contributed by atoms with E-state index in [-0.39, 0.29) is 18.4 Å². The van der Waals surface area contributed by atoms with E-state index in [1.165, 1.54) is 0 Å². The molecule has 0 radical (unpaired) electrons. The predicted octanol–water partition coefficient (Wildman–Crippen LogP) is 1.61. The lowest BCUT2D eigenvalue weighted by molar-refractivity contribution is -0.129. The second-order valence-corrected chi connectivity index (χ2v) is 4.56. The number of hydrogen-bond acceptors (Lipinski definition) is 4. The molecule has 1 heterocycles. The highest BCUT2D eigenvalue weighted by Crippen LogP contribution is 2.21. The van der Waals surface area contributed by atoms with Gasteiger partial charge in [-0.25, -0.2) is 4.98 Å². The molecule has 1 amide bonds. The number of oxazole rings is 1. The second-order valence-electron chi connectivity index (χ2n) is 4.56. The van der Waals surface area contributed by atoms with Gasteiger partial charge >= 0.3 is 0 Å². The van der Waals surface area contributed by atoms with Gasteiger partial charge < -0.3 is 15.1 Å². The lowest BCUT2D eigenvalue weighted by Gasteiger charge is -2.15. The van der Waals surface area contributed by atoms with Gasteiger partial charge in [0.2, 0.25) is 5.91 Å². The molecule has 0 aliphatic carbocycles.